The van der Waals surface area contributed by atoms with Crippen molar-refractivity contribution < 1.29 is 9.90 Å². The number of hydrogen-bond donors (Lipinski definition) is 2. The monoisotopic (exact) mass is 261 g/mol. The highest BCUT2D eigenvalue weighted by molar-refractivity contribution is 8.00. The molecule has 0 aliphatic carbocycles. The van der Waals surface area contributed by atoms with E-state index in [-0.39, 0.29) is 10.8 Å². The molecule has 0 rings (SSSR count). The van der Waals surface area contributed by atoms with Crippen molar-refractivity contribution in [2.24, 2.45) is 0 Å². The number of carboxylic acid groups (broad SMARTS) is 1. The molecule has 0 aliphatic rings. The van der Waals surface area contributed by atoms with E-state index in [1.54, 1.807) is 6.92 Å². The molecule has 0 heterocycles. The summed E-state index contributed by atoms with van der Waals surface area (Å²) >= 11 is 1.88. The highest BCUT2D eigenvalue weighted by atomic mass is 32.2. The minimum atomic E-state index is -0.799. The molecule has 1 unspecified atom stereocenters. The van der Waals surface area contributed by atoms with E-state index < -0.39 is 11.5 Å². The molecule has 0 fully saturated rings. The number of hydrogen-bond acceptors (Lipinski definition) is 3. The first kappa shape index (κ1) is 16.8. The maximum atomic E-state index is 11.3. The smallest absolute Gasteiger partial charge is 0.323 e. The summed E-state index contributed by atoms with van der Waals surface area (Å²) in [7, 11) is 0. The second kappa shape index (κ2) is 6.64. The van der Waals surface area contributed by atoms with E-state index >= 15 is 0 Å². The Balaban J connectivity index is 4.15. The lowest BCUT2D eigenvalue weighted by atomic mass is 9.95. The van der Waals surface area contributed by atoms with Gasteiger partial charge in [-0.15, -0.1) is 0 Å². The Morgan fingerprint density at radius 3 is 2.18 bits per heavy atom. The van der Waals surface area contributed by atoms with Crippen LogP contribution in [0.1, 0.15) is 54.4 Å². The maximum Gasteiger partial charge on any atom is 0.323 e. The molecular formula is C13H27NO2S. The fourth-order valence-electron chi connectivity index (χ4n) is 1.68. The van der Waals surface area contributed by atoms with Crippen LogP contribution in [0.5, 0.6) is 0 Å². The van der Waals surface area contributed by atoms with E-state index in [0.29, 0.717) is 6.42 Å². The number of carboxylic acids is 1. The lowest BCUT2D eigenvalue weighted by molar-refractivity contribution is -0.144. The summed E-state index contributed by atoms with van der Waals surface area (Å²) in [5.74, 6) is 0.249. The number of nitrogens with one attached hydrogen (secondary N) is 1. The van der Waals surface area contributed by atoms with Crippen molar-refractivity contribution in [3.8, 4) is 0 Å². The molecule has 0 radical (unpaired) electrons. The van der Waals surface area contributed by atoms with Gasteiger partial charge in [0, 0.05) is 10.8 Å². The fraction of sp³-hybridized carbons (Fsp3) is 0.923. The molecule has 0 aromatic heterocycles. The third kappa shape index (κ3) is 7.66. The van der Waals surface area contributed by atoms with Crippen LogP contribution in [0.2, 0.25) is 0 Å². The lowest BCUT2D eigenvalue weighted by Gasteiger charge is -2.29. The third-order valence-corrected chi connectivity index (χ3v) is 3.79. The van der Waals surface area contributed by atoms with Crippen LogP contribution in [0.3, 0.4) is 0 Å². The van der Waals surface area contributed by atoms with Crippen LogP contribution in [0.15, 0.2) is 0 Å². The van der Waals surface area contributed by atoms with Crippen LogP contribution in [0, 0.1) is 0 Å². The summed E-state index contributed by atoms with van der Waals surface area (Å²) in [6.45, 7) is 12.3. The minimum Gasteiger partial charge on any atom is -0.480 e. The Morgan fingerprint density at radius 2 is 1.82 bits per heavy atom. The summed E-state index contributed by atoms with van der Waals surface area (Å²) in [5, 5.41) is 12.4. The molecule has 0 saturated carbocycles. The van der Waals surface area contributed by atoms with Crippen molar-refractivity contribution in [3.05, 3.63) is 0 Å². The van der Waals surface area contributed by atoms with Gasteiger partial charge in [0.15, 0.2) is 0 Å². The van der Waals surface area contributed by atoms with Gasteiger partial charge in [0.25, 0.3) is 0 Å². The molecular weight excluding hydrogens is 234 g/mol. The molecule has 102 valence electrons. The Bertz CT molecular complexity index is 248. The zero-order valence-electron chi connectivity index (χ0n) is 12.0. The summed E-state index contributed by atoms with van der Waals surface area (Å²) in [5.41, 5.74) is -0.799. The van der Waals surface area contributed by atoms with E-state index in [9.17, 15) is 9.90 Å². The highest BCUT2D eigenvalue weighted by Gasteiger charge is 2.32. The van der Waals surface area contributed by atoms with E-state index in [4.69, 9.17) is 0 Å². The molecule has 0 amide bonds. The molecule has 0 bridgehead atoms. The molecule has 0 aromatic rings. The molecule has 0 saturated heterocycles. The number of thioether (sulfide) groups is 1. The SMILES string of the molecule is CC(C)NC(C)(CCCSC(C)(C)C)C(=O)O. The van der Waals surface area contributed by atoms with Crippen molar-refractivity contribution >= 4 is 17.7 Å². The Labute approximate surface area is 110 Å². The zero-order chi connectivity index (χ0) is 13.7. The van der Waals surface area contributed by atoms with Crippen molar-refractivity contribution in [2.75, 3.05) is 5.75 Å². The van der Waals surface area contributed by atoms with E-state index in [1.807, 2.05) is 25.6 Å². The Morgan fingerprint density at radius 1 is 1.29 bits per heavy atom. The summed E-state index contributed by atoms with van der Waals surface area (Å²) in [6, 6.07) is 0.186. The quantitative estimate of drug-likeness (QED) is 0.691. The topological polar surface area (TPSA) is 49.3 Å². The number of aliphatic carboxylic acids is 1. The summed E-state index contributed by atoms with van der Waals surface area (Å²) in [4.78, 5) is 11.3. The average molecular weight is 261 g/mol. The summed E-state index contributed by atoms with van der Waals surface area (Å²) in [6.07, 6.45) is 1.59. The van der Waals surface area contributed by atoms with E-state index in [0.717, 1.165) is 12.2 Å². The lowest BCUT2D eigenvalue weighted by Crippen LogP contribution is -2.52. The van der Waals surface area contributed by atoms with Gasteiger partial charge < -0.3 is 5.11 Å². The van der Waals surface area contributed by atoms with Gasteiger partial charge in [-0.1, -0.05) is 20.8 Å². The van der Waals surface area contributed by atoms with Crippen LogP contribution >= 0.6 is 11.8 Å². The molecule has 3 nitrogen and oxygen atoms in total. The number of carbonyl (C=O) groups is 1. The van der Waals surface area contributed by atoms with Crippen molar-refractivity contribution in [2.45, 2.75) is 70.7 Å². The van der Waals surface area contributed by atoms with Crippen LogP contribution in [-0.2, 0) is 4.79 Å². The predicted octanol–water partition coefficient (Wildman–Crippen LogP) is 3.14. The molecule has 0 aromatic carbocycles. The van der Waals surface area contributed by atoms with Gasteiger partial charge in [0.1, 0.15) is 5.54 Å². The second-order valence-electron chi connectivity index (χ2n) is 6.00. The predicted molar refractivity (Wildman–Crippen MR) is 75.8 cm³/mol. The largest absolute Gasteiger partial charge is 0.480 e. The van der Waals surface area contributed by atoms with Gasteiger partial charge in [-0.2, -0.15) is 11.8 Å². The van der Waals surface area contributed by atoms with E-state index in [2.05, 4.69) is 26.1 Å². The van der Waals surface area contributed by atoms with Crippen molar-refractivity contribution in [3.63, 3.8) is 0 Å². The molecule has 1 atom stereocenters. The highest BCUT2D eigenvalue weighted by Crippen LogP contribution is 2.25. The van der Waals surface area contributed by atoms with Crippen LogP contribution in [0.4, 0.5) is 0 Å². The molecule has 17 heavy (non-hydrogen) atoms. The van der Waals surface area contributed by atoms with Crippen LogP contribution in [-0.4, -0.2) is 33.2 Å². The Hall–Kier alpha value is -0.220. The Kier molecular flexibility index (Phi) is 6.56. The van der Waals surface area contributed by atoms with Gasteiger partial charge in [-0.3, -0.25) is 10.1 Å². The number of rotatable bonds is 7. The van der Waals surface area contributed by atoms with Crippen molar-refractivity contribution in [1.82, 2.24) is 5.32 Å². The van der Waals surface area contributed by atoms with Crippen molar-refractivity contribution in [1.29, 1.82) is 0 Å². The van der Waals surface area contributed by atoms with Crippen LogP contribution < -0.4 is 5.32 Å². The van der Waals surface area contributed by atoms with E-state index in [1.165, 1.54) is 0 Å². The minimum absolute atomic E-state index is 0.186. The fourth-order valence-corrected chi connectivity index (χ4v) is 2.58. The molecule has 2 N–H and O–H groups in total. The summed E-state index contributed by atoms with van der Waals surface area (Å²) < 4.78 is 0.255. The van der Waals surface area contributed by atoms with Gasteiger partial charge in [-0.05, 0) is 39.4 Å². The van der Waals surface area contributed by atoms with Gasteiger partial charge in [0.05, 0.1) is 0 Å². The normalized spacial score (nSPS) is 15.9. The average Bonchev–Trinajstić information content (AvgIpc) is 2.09. The van der Waals surface area contributed by atoms with Gasteiger partial charge in [0.2, 0.25) is 0 Å². The molecule has 4 heteroatoms. The first-order valence-electron chi connectivity index (χ1n) is 6.22. The third-order valence-electron chi connectivity index (χ3n) is 2.44. The molecule has 0 spiro atoms. The standard InChI is InChI=1S/C13H27NO2S/c1-10(2)14-13(6,11(15)16)8-7-9-17-12(3,4)5/h10,14H,7-9H2,1-6H3,(H,15,16). The maximum absolute atomic E-state index is 11.3. The molecule has 0 aliphatic heterocycles. The zero-order valence-corrected chi connectivity index (χ0v) is 12.8. The first-order chi connectivity index (χ1) is 7.57. The van der Waals surface area contributed by atoms with Gasteiger partial charge in [-0.25, -0.2) is 0 Å². The van der Waals surface area contributed by atoms with Crippen LogP contribution in [0.25, 0.3) is 0 Å². The first-order valence-corrected chi connectivity index (χ1v) is 7.20. The van der Waals surface area contributed by atoms with Gasteiger partial charge >= 0.3 is 5.97 Å². The second-order valence-corrected chi connectivity index (χ2v) is 7.92.